The van der Waals surface area contributed by atoms with Gasteiger partial charge in [-0.3, -0.25) is 15.1 Å². The average Bonchev–Trinajstić information content (AvgIpc) is 2.91. The summed E-state index contributed by atoms with van der Waals surface area (Å²) in [7, 11) is 1.64. The summed E-state index contributed by atoms with van der Waals surface area (Å²) in [5.74, 6) is -0.136. The molecule has 0 spiro atoms. The molecule has 1 aromatic carbocycles. The average molecular weight is 641 g/mol. The van der Waals surface area contributed by atoms with E-state index in [2.05, 4.69) is 20.3 Å². The Morgan fingerprint density at radius 1 is 0.878 bits per heavy atom. The summed E-state index contributed by atoms with van der Waals surface area (Å²) >= 11 is 5.79. The fraction of sp³-hybridized carbons (Fsp3) is 0.520. The van der Waals surface area contributed by atoms with Crippen molar-refractivity contribution in [3.05, 3.63) is 40.7 Å². The fourth-order valence-corrected chi connectivity index (χ4v) is 3.25. The van der Waals surface area contributed by atoms with Gasteiger partial charge in [0.25, 0.3) is 5.91 Å². The maximum absolute atomic E-state index is 12.2. The van der Waals surface area contributed by atoms with Crippen LogP contribution in [0.4, 0.5) is 11.6 Å². The lowest BCUT2D eigenvalue weighted by Gasteiger charge is -2.09. The van der Waals surface area contributed by atoms with Crippen molar-refractivity contribution in [2.45, 2.75) is 19.3 Å². The van der Waals surface area contributed by atoms with Gasteiger partial charge in [-0.1, -0.05) is 23.7 Å². The van der Waals surface area contributed by atoms with Crippen molar-refractivity contribution < 1.29 is 28.5 Å². The zero-order chi connectivity index (χ0) is 28.3. The number of guanidine groups is 1. The Kier molecular flexibility index (Phi) is 21.5. The topological polar surface area (TPSA) is 191 Å². The normalized spacial score (nSPS) is 10.9. The van der Waals surface area contributed by atoms with E-state index < -0.39 is 5.91 Å². The Bertz CT molecular complexity index is 1040. The van der Waals surface area contributed by atoms with Gasteiger partial charge >= 0.3 is 0 Å². The SMILES string of the molecule is COCCOCCOCCOCCOc1ccc(CCCCN=C(N)NC(=O)c2nc(Cl)c(N)nc2N)cc1.Cl.Cl. The van der Waals surface area contributed by atoms with Crippen molar-refractivity contribution in [1.82, 2.24) is 15.3 Å². The van der Waals surface area contributed by atoms with Crippen LogP contribution in [0.5, 0.6) is 5.75 Å². The minimum Gasteiger partial charge on any atom is -0.491 e. The molecule has 1 amide bonds. The van der Waals surface area contributed by atoms with Crippen LogP contribution in [-0.4, -0.2) is 88.3 Å². The summed E-state index contributed by atoms with van der Waals surface area (Å²) < 4.78 is 26.8. The van der Waals surface area contributed by atoms with Gasteiger partial charge in [0.15, 0.2) is 28.4 Å². The molecule has 1 aromatic heterocycles. The summed E-state index contributed by atoms with van der Waals surface area (Å²) in [5.41, 5.74) is 18.0. The molecule has 13 nitrogen and oxygen atoms in total. The lowest BCUT2D eigenvalue weighted by atomic mass is 10.1. The van der Waals surface area contributed by atoms with Crippen LogP contribution >= 0.6 is 36.4 Å². The standard InChI is InChI=1S/C25H38ClN7O6.2ClH/c1-35-10-11-36-12-13-37-14-15-38-16-17-39-19-7-5-18(6-8-19)4-2-3-9-30-25(29)33-24(34)20-22(27)32-23(28)21(26)31-20;;/h5-8H,2-4,9-17H2,1H3,(H4,27,28,32)(H3,29,30,33,34);2*1H. The van der Waals surface area contributed by atoms with E-state index >= 15 is 0 Å². The lowest BCUT2D eigenvalue weighted by Crippen LogP contribution is -2.38. The fourth-order valence-electron chi connectivity index (χ4n) is 3.12. The highest BCUT2D eigenvalue weighted by Crippen LogP contribution is 2.17. The van der Waals surface area contributed by atoms with Crippen molar-refractivity contribution in [2.75, 3.05) is 78.0 Å². The number of carbonyl (C=O) groups is 1. The zero-order valence-electron chi connectivity index (χ0n) is 23.0. The Hall–Kier alpha value is -2.65. The molecule has 41 heavy (non-hydrogen) atoms. The first-order valence-electron chi connectivity index (χ1n) is 12.5. The molecule has 0 atom stereocenters. The van der Waals surface area contributed by atoms with E-state index in [4.69, 9.17) is 52.5 Å². The third-order valence-electron chi connectivity index (χ3n) is 5.11. The molecule has 0 aliphatic rings. The van der Waals surface area contributed by atoms with Crippen molar-refractivity contribution in [2.24, 2.45) is 10.7 Å². The Labute approximate surface area is 257 Å². The number of rotatable bonds is 19. The van der Waals surface area contributed by atoms with Gasteiger partial charge in [0.2, 0.25) is 0 Å². The smallest absolute Gasteiger partial charge is 0.280 e. The molecule has 1 heterocycles. The number of aromatic nitrogens is 2. The lowest BCUT2D eigenvalue weighted by molar-refractivity contribution is 0.000163. The van der Waals surface area contributed by atoms with Gasteiger partial charge in [0.1, 0.15) is 12.4 Å². The molecule has 16 heteroatoms. The second-order valence-electron chi connectivity index (χ2n) is 8.13. The number of aliphatic imine (C=N–C) groups is 1. The van der Waals surface area contributed by atoms with Crippen LogP contribution < -0.4 is 27.3 Å². The summed E-state index contributed by atoms with van der Waals surface area (Å²) in [6.07, 6.45) is 2.55. The number of carbonyl (C=O) groups excluding carboxylic acids is 1. The number of nitrogens with two attached hydrogens (primary N) is 3. The number of nitrogens with one attached hydrogen (secondary N) is 1. The van der Waals surface area contributed by atoms with Crippen LogP contribution in [0, 0.1) is 0 Å². The predicted molar refractivity (Wildman–Crippen MR) is 164 cm³/mol. The van der Waals surface area contributed by atoms with E-state index in [9.17, 15) is 4.79 Å². The molecule has 0 aliphatic heterocycles. The molecule has 0 fully saturated rings. The van der Waals surface area contributed by atoms with Crippen molar-refractivity contribution >= 4 is 59.9 Å². The molecular formula is C25H40Cl3N7O6. The summed E-state index contributed by atoms with van der Waals surface area (Å²) in [6.45, 7) is 4.63. The molecule has 0 unspecified atom stereocenters. The van der Waals surface area contributed by atoms with Gasteiger partial charge in [-0.15, -0.1) is 24.8 Å². The number of hydrogen-bond donors (Lipinski definition) is 4. The summed E-state index contributed by atoms with van der Waals surface area (Å²) in [5, 5.41) is 2.29. The molecule has 0 aliphatic carbocycles. The minimum absolute atomic E-state index is 0. The monoisotopic (exact) mass is 639 g/mol. The number of ether oxygens (including phenoxy) is 5. The first-order valence-corrected chi connectivity index (χ1v) is 12.9. The van der Waals surface area contributed by atoms with Gasteiger partial charge < -0.3 is 40.9 Å². The Morgan fingerprint density at radius 3 is 2.07 bits per heavy atom. The van der Waals surface area contributed by atoms with E-state index in [0.29, 0.717) is 59.4 Å². The van der Waals surface area contributed by atoms with E-state index in [1.807, 2.05) is 24.3 Å². The molecular weight excluding hydrogens is 601 g/mol. The van der Waals surface area contributed by atoms with Crippen molar-refractivity contribution in [3.8, 4) is 5.75 Å². The second kappa shape index (κ2) is 23.0. The number of anilines is 2. The number of halogens is 3. The minimum atomic E-state index is -0.665. The molecule has 232 valence electrons. The van der Waals surface area contributed by atoms with Crippen LogP contribution in [0.3, 0.4) is 0 Å². The number of nitrogens with zero attached hydrogens (tertiary/aromatic N) is 3. The molecule has 0 saturated heterocycles. The van der Waals surface area contributed by atoms with E-state index in [1.165, 1.54) is 5.56 Å². The number of nitrogen functional groups attached to an aromatic ring is 2. The Balaban J connectivity index is 0.00000800. The number of amides is 1. The van der Waals surface area contributed by atoms with Crippen molar-refractivity contribution in [1.29, 1.82) is 0 Å². The highest BCUT2D eigenvalue weighted by atomic mass is 35.5. The maximum atomic E-state index is 12.2. The number of unbranched alkanes of at least 4 members (excludes halogenated alkanes) is 1. The van der Waals surface area contributed by atoms with Gasteiger partial charge in [0.05, 0.1) is 46.2 Å². The summed E-state index contributed by atoms with van der Waals surface area (Å²) in [6, 6.07) is 7.93. The van der Waals surface area contributed by atoms with Crippen LogP contribution in [0.1, 0.15) is 28.9 Å². The van der Waals surface area contributed by atoms with Gasteiger partial charge in [-0.05, 0) is 37.0 Å². The number of aryl methyl sites for hydroxylation is 1. The van der Waals surface area contributed by atoms with Crippen LogP contribution in [0.15, 0.2) is 29.3 Å². The number of hydrogen-bond acceptors (Lipinski definition) is 11. The second-order valence-corrected chi connectivity index (χ2v) is 8.49. The highest BCUT2D eigenvalue weighted by Gasteiger charge is 2.16. The maximum Gasteiger partial charge on any atom is 0.280 e. The number of methoxy groups -OCH3 is 1. The molecule has 7 N–H and O–H groups in total. The largest absolute Gasteiger partial charge is 0.491 e. The highest BCUT2D eigenvalue weighted by molar-refractivity contribution is 6.31. The molecule has 0 radical (unpaired) electrons. The predicted octanol–water partition coefficient (Wildman–Crippen LogP) is 2.28. The first kappa shape index (κ1) is 38.4. The van der Waals surface area contributed by atoms with Gasteiger partial charge in [0, 0.05) is 13.7 Å². The summed E-state index contributed by atoms with van der Waals surface area (Å²) in [4.78, 5) is 24.0. The van der Waals surface area contributed by atoms with E-state index in [-0.39, 0.29) is 53.3 Å². The van der Waals surface area contributed by atoms with Gasteiger partial charge in [-0.2, -0.15) is 0 Å². The Morgan fingerprint density at radius 2 is 1.46 bits per heavy atom. The van der Waals surface area contributed by atoms with Gasteiger partial charge in [-0.25, -0.2) is 9.97 Å². The quantitative estimate of drug-likeness (QED) is 0.100. The third-order valence-corrected chi connectivity index (χ3v) is 5.39. The first-order chi connectivity index (χ1) is 18.9. The molecule has 0 bridgehead atoms. The van der Waals surface area contributed by atoms with Crippen LogP contribution in [0.2, 0.25) is 5.15 Å². The number of benzene rings is 1. The third kappa shape index (κ3) is 16.4. The molecule has 0 saturated carbocycles. The van der Waals surface area contributed by atoms with Crippen molar-refractivity contribution in [3.63, 3.8) is 0 Å². The van der Waals surface area contributed by atoms with Crippen LogP contribution in [-0.2, 0) is 25.4 Å². The molecule has 2 aromatic rings. The van der Waals surface area contributed by atoms with Crippen LogP contribution in [0.25, 0.3) is 0 Å². The van der Waals surface area contributed by atoms with E-state index in [1.54, 1.807) is 7.11 Å². The zero-order valence-corrected chi connectivity index (χ0v) is 25.4. The molecule has 2 rings (SSSR count). The van der Waals surface area contributed by atoms with E-state index in [0.717, 1.165) is 25.0 Å².